The van der Waals surface area contributed by atoms with E-state index in [2.05, 4.69) is 5.32 Å². The van der Waals surface area contributed by atoms with Crippen LogP contribution in [0.2, 0.25) is 0 Å². The molecule has 0 aromatic rings. The van der Waals surface area contributed by atoms with Crippen LogP contribution in [0.5, 0.6) is 0 Å². The number of carboxylic acids is 1. The largest absolute Gasteiger partial charge is 0.480 e. The van der Waals surface area contributed by atoms with Gasteiger partial charge in [0, 0.05) is 12.1 Å². The van der Waals surface area contributed by atoms with Gasteiger partial charge in [0.2, 0.25) is 5.91 Å². The van der Waals surface area contributed by atoms with E-state index in [-0.39, 0.29) is 42.5 Å². The third-order valence-electron chi connectivity index (χ3n) is 3.80. The van der Waals surface area contributed by atoms with Gasteiger partial charge in [-0.1, -0.05) is 13.8 Å². The lowest BCUT2D eigenvalue weighted by molar-refractivity contribution is -0.139. The number of aliphatic carboxylic acids is 1. The van der Waals surface area contributed by atoms with Crippen LogP contribution in [-0.4, -0.2) is 67.0 Å². The highest BCUT2D eigenvalue weighted by atomic mass is 32.2. The molecule has 2 N–H and O–H groups in total. The first-order chi connectivity index (χ1) is 9.60. The van der Waals surface area contributed by atoms with Gasteiger partial charge in [-0.15, -0.1) is 0 Å². The van der Waals surface area contributed by atoms with Crippen molar-refractivity contribution in [1.29, 1.82) is 0 Å². The molecule has 0 saturated carbocycles. The second-order valence-corrected chi connectivity index (χ2v) is 8.18. The molecule has 1 heterocycles. The van der Waals surface area contributed by atoms with Gasteiger partial charge in [0.05, 0.1) is 24.6 Å². The fourth-order valence-corrected chi connectivity index (χ4v) is 3.96. The van der Waals surface area contributed by atoms with Crippen LogP contribution in [0, 0.1) is 5.92 Å². The van der Waals surface area contributed by atoms with E-state index in [0.717, 1.165) is 0 Å². The van der Waals surface area contributed by atoms with Gasteiger partial charge in [-0.25, -0.2) is 8.42 Å². The molecule has 1 rings (SSSR count). The maximum atomic E-state index is 12.0. The molecule has 21 heavy (non-hydrogen) atoms. The summed E-state index contributed by atoms with van der Waals surface area (Å²) in [6.07, 6.45) is 0.378. The molecule has 1 amide bonds. The SMILES string of the molecule is CC(C)C(C)NC(=O)CN(CC(=O)O)C1CCS(=O)(=O)C1. The Morgan fingerprint density at radius 1 is 1.29 bits per heavy atom. The quantitative estimate of drug-likeness (QED) is 0.669. The molecule has 0 bridgehead atoms. The van der Waals surface area contributed by atoms with Gasteiger partial charge in [-0.3, -0.25) is 14.5 Å². The minimum Gasteiger partial charge on any atom is -0.480 e. The third-order valence-corrected chi connectivity index (χ3v) is 5.55. The summed E-state index contributed by atoms with van der Waals surface area (Å²) in [4.78, 5) is 24.3. The van der Waals surface area contributed by atoms with Crippen molar-refractivity contribution in [3.63, 3.8) is 0 Å². The van der Waals surface area contributed by atoms with Crippen LogP contribution in [0.1, 0.15) is 27.2 Å². The molecule has 1 saturated heterocycles. The molecule has 0 spiro atoms. The minimum atomic E-state index is -3.11. The smallest absolute Gasteiger partial charge is 0.317 e. The van der Waals surface area contributed by atoms with Crippen LogP contribution in [-0.2, 0) is 19.4 Å². The Morgan fingerprint density at radius 3 is 2.33 bits per heavy atom. The summed E-state index contributed by atoms with van der Waals surface area (Å²) in [7, 11) is -3.11. The average molecular weight is 320 g/mol. The van der Waals surface area contributed by atoms with E-state index in [4.69, 9.17) is 5.11 Å². The van der Waals surface area contributed by atoms with Crippen LogP contribution in [0.25, 0.3) is 0 Å². The van der Waals surface area contributed by atoms with Gasteiger partial charge < -0.3 is 10.4 Å². The number of nitrogens with one attached hydrogen (secondary N) is 1. The number of carbonyl (C=O) groups is 2. The van der Waals surface area contributed by atoms with Gasteiger partial charge in [0.15, 0.2) is 9.84 Å². The molecular formula is C13H24N2O5S. The second-order valence-electron chi connectivity index (χ2n) is 5.96. The highest BCUT2D eigenvalue weighted by Gasteiger charge is 2.34. The Labute approximate surface area is 125 Å². The average Bonchev–Trinajstić information content (AvgIpc) is 2.68. The van der Waals surface area contributed by atoms with E-state index < -0.39 is 21.8 Å². The minimum absolute atomic E-state index is 0.0171. The Morgan fingerprint density at radius 2 is 1.90 bits per heavy atom. The summed E-state index contributed by atoms with van der Waals surface area (Å²) in [5.74, 6) is -1.09. The number of hydrogen-bond acceptors (Lipinski definition) is 5. The van der Waals surface area contributed by atoms with Gasteiger partial charge >= 0.3 is 5.97 Å². The lowest BCUT2D eigenvalue weighted by atomic mass is 10.1. The molecule has 1 fully saturated rings. The first kappa shape index (κ1) is 17.9. The van der Waals surface area contributed by atoms with Gasteiger partial charge in [-0.05, 0) is 19.3 Å². The molecule has 122 valence electrons. The summed E-state index contributed by atoms with van der Waals surface area (Å²) in [6, 6.07) is -0.414. The van der Waals surface area contributed by atoms with Crippen molar-refractivity contribution in [1.82, 2.24) is 10.2 Å². The topological polar surface area (TPSA) is 104 Å². The van der Waals surface area contributed by atoms with E-state index in [1.807, 2.05) is 20.8 Å². The van der Waals surface area contributed by atoms with Crippen LogP contribution in [0.4, 0.5) is 0 Å². The van der Waals surface area contributed by atoms with Crippen molar-refractivity contribution in [2.75, 3.05) is 24.6 Å². The molecule has 2 atom stereocenters. The predicted molar refractivity (Wildman–Crippen MR) is 78.7 cm³/mol. The monoisotopic (exact) mass is 320 g/mol. The number of nitrogens with zero attached hydrogens (tertiary/aromatic N) is 1. The molecule has 1 aliphatic rings. The molecule has 1 aliphatic heterocycles. The maximum Gasteiger partial charge on any atom is 0.317 e. The zero-order chi connectivity index (χ0) is 16.2. The summed E-state index contributed by atoms with van der Waals surface area (Å²) < 4.78 is 23.0. The molecule has 0 aromatic carbocycles. The standard InChI is InChI=1S/C13H24N2O5S/c1-9(2)10(3)14-12(16)6-15(7-13(17)18)11-4-5-21(19,20)8-11/h9-11H,4-8H2,1-3H3,(H,14,16)(H,17,18). The number of hydrogen-bond donors (Lipinski definition) is 2. The number of carboxylic acid groups (broad SMARTS) is 1. The fraction of sp³-hybridized carbons (Fsp3) is 0.846. The number of rotatable bonds is 7. The van der Waals surface area contributed by atoms with Crippen LogP contribution >= 0.6 is 0 Å². The van der Waals surface area contributed by atoms with E-state index in [1.165, 1.54) is 4.90 Å². The number of carbonyl (C=O) groups excluding carboxylic acids is 1. The van der Waals surface area contributed by atoms with E-state index in [9.17, 15) is 18.0 Å². The van der Waals surface area contributed by atoms with Crippen molar-refractivity contribution in [2.45, 2.75) is 39.3 Å². The van der Waals surface area contributed by atoms with Crippen molar-refractivity contribution in [3.8, 4) is 0 Å². The zero-order valence-corrected chi connectivity index (χ0v) is 13.5. The first-order valence-electron chi connectivity index (χ1n) is 7.06. The normalized spacial score (nSPS) is 22.4. The summed E-state index contributed by atoms with van der Waals surface area (Å²) in [6.45, 7) is 5.41. The molecule has 7 nitrogen and oxygen atoms in total. The Kier molecular flexibility index (Phi) is 6.15. The van der Waals surface area contributed by atoms with Crippen molar-refractivity contribution in [3.05, 3.63) is 0 Å². The maximum absolute atomic E-state index is 12.0. The molecule has 0 aromatic heterocycles. The Hall–Kier alpha value is -1.15. The Bertz CT molecular complexity index is 489. The molecule has 2 unspecified atom stereocenters. The molecular weight excluding hydrogens is 296 g/mol. The van der Waals surface area contributed by atoms with Crippen molar-refractivity contribution >= 4 is 21.7 Å². The van der Waals surface area contributed by atoms with E-state index >= 15 is 0 Å². The van der Waals surface area contributed by atoms with E-state index in [0.29, 0.717) is 6.42 Å². The summed E-state index contributed by atoms with van der Waals surface area (Å²) in [5, 5.41) is 11.7. The van der Waals surface area contributed by atoms with Gasteiger partial charge in [0.1, 0.15) is 0 Å². The molecule has 0 radical (unpaired) electrons. The van der Waals surface area contributed by atoms with Gasteiger partial charge in [0.25, 0.3) is 0 Å². The number of amides is 1. The third kappa shape index (κ3) is 6.01. The molecule has 8 heteroatoms. The fourth-order valence-electron chi connectivity index (χ4n) is 2.20. The predicted octanol–water partition coefficient (Wildman–Crippen LogP) is -0.279. The van der Waals surface area contributed by atoms with Crippen LogP contribution in [0.15, 0.2) is 0 Å². The van der Waals surface area contributed by atoms with Crippen molar-refractivity contribution in [2.24, 2.45) is 5.92 Å². The van der Waals surface area contributed by atoms with Crippen LogP contribution in [0.3, 0.4) is 0 Å². The highest BCUT2D eigenvalue weighted by molar-refractivity contribution is 7.91. The van der Waals surface area contributed by atoms with Gasteiger partial charge in [-0.2, -0.15) is 0 Å². The summed E-state index contributed by atoms with van der Waals surface area (Å²) in [5.41, 5.74) is 0. The Balaban J connectivity index is 2.66. The first-order valence-corrected chi connectivity index (χ1v) is 8.88. The number of sulfone groups is 1. The zero-order valence-electron chi connectivity index (χ0n) is 12.7. The second kappa shape index (κ2) is 7.22. The lowest BCUT2D eigenvalue weighted by Gasteiger charge is -2.27. The summed E-state index contributed by atoms with van der Waals surface area (Å²) >= 11 is 0. The van der Waals surface area contributed by atoms with Crippen molar-refractivity contribution < 1.29 is 23.1 Å². The molecule has 0 aliphatic carbocycles. The van der Waals surface area contributed by atoms with Crippen LogP contribution < -0.4 is 5.32 Å². The van der Waals surface area contributed by atoms with E-state index in [1.54, 1.807) is 0 Å². The lowest BCUT2D eigenvalue weighted by Crippen LogP contribution is -2.48. The highest BCUT2D eigenvalue weighted by Crippen LogP contribution is 2.17.